The maximum Gasteiger partial charge on any atom is 0.414 e. The second-order valence-electron chi connectivity index (χ2n) is 4.92. The highest BCUT2D eigenvalue weighted by atomic mass is 35.5. The molecule has 1 N–H and O–H groups in total. The van der Waals surface area contributed by atoms with Crippen molar-refractivity contribution in [3.05, 3.63) is 29.3 Å². The number of rotatable bonds is 4. The molecule has 0 fully saturated rings. The lowest BCUT2D eigenvalue weighted by molar-refractivity contribution is 0.165. The molecule has 1 aliphatic rings. The molecule has 1 amide bonds. The number of halogens is 1. The van der Waals surface area contributed by atoms with Crippen LogP contribution in [0.25, 0.3) is 0 Å². The molecule has 1 aromatic rings. The van der Waals surface area contributed by atoms with Crippen molar-refractivity contribution in [3.63, 3.8) is 0 Å². The number of ether oxygens (including phenoxy) is 1. The second-order valence-corrected chi connectivity index (χ2v) is 4.92. The van der Waals surface area contributed by atoms with Gasteiger partial charge in [0.15, 0.2) is 0 Å². The molecule has 0 aromatic heterocycles. The van der Waals surface area contributed by atoms with Crippen molar-refractivity contribution in [2.45, 2.75) is 25.8 Å². The van der Waals surface area contributed by atoms with Crippen LogP contribution in [-0.4, -0.2) is 31.1 Å². The second kappa shape index (κ2) is 7.92. The average molecular weight is 309 g/mol. The first-order chi connectivity index (χ1) is 9.65. The lowest BCUT2D eigenvalue weighted by Crippen LogP contribution is -2.29. The molecule has 0 heterocycles. The number of hydrogen-bond donors (Lipinski definition) is 1. The van der Waals surface area contributed by atoms with Crippen molar-refractivity contribution < 1.29 is 9.53 Å². The Balaban J connectivity index is 0.00000220. The number of nitrogens with one attached hydrogen (secondary N) is 1. The summed E-state index contributed by atoms with van der Waals surface area (Å²) in [6.07, 6.45) is 6.96. The van der Waals surface area contributed by atoms with Gasteiger partial charge in [0.1, 0.15) is 5.75 Å². The predicted molar refractivity (Wildman–Crippen MR) is 85.9 cm³/mol. The zero-order valence-corrected chi connectivity index (χ0v) is 13.2. The first kappa shape index (κ1) is 17.4. The van der Waals surface area contributed by atoms with Crippen LogP contribution >= 0.6 is 12.4 Å². The molecule has 1 unspecified atom stereocenters. The van der Waals surface area contributed by atoms with Gasteiger partial charge in [0.25, 0.3) is 0 Å². The number of aryl methyl sites for hydroxylation is 1. The van der Waals surface area contributed by atoms with Crippen LogP contribution in [0.2, 0.25) is 0 Å². The summed E-state index contributed by atoms with van der Waals surface area (Å²) in [5, 5.41) is 3.32. The standard InChI is InChI=1S/C16H20N2O2.ClH/c1-4-10-17-15-9-6-12-11-13(7-8-14(12)15)20-16(19)18(3)5-2;/h1,7-8,11,15,17H,5-6,9-10H2,2-3H3;1H. The molecule has 4 nitrogen and oxygen atoms in total. The zero-order chi connectivity index (χ0) is 14.5. The summed E-state index contributed by atoms with van der Waals surface area (Å²) in [6.45, 7) is 3.11. The van der Waals surface area contributed by atoms with Gasteiger partial charge in [-0.1, -0.05) is 12.0 Å². The SMILES string of the molecule is C#CCNC1CCc2cc(OC(=O)N(C)CC)ccc21.Cl. The third-order valence-corrected chi connectivity index (χ3v) is 3.63. The number of carbonyl (C=O) groups is 1. The molecule has 114 valence electrons. The molecule has 0 bridgehead atoms. The van der Waals surface area contributed by atoms with E-state index in [1.165, 1.54) is 16.0 Å². The van der Waals surface area contributed by atoms with Crippen LogP contribution in [-0.2, 0) is 6.42 Å². The van der Waals surface area contributed by atoms with Crippen LogP contribution < -0.4 is 10.1 Å². The molecule has 1 aliphatic carbocycles. The molecule has 0 saturated carbocycles. The smallest absolute Gasteiger partial charge is 0.410 e. The summed E-state index contributed by atoms with van der Waals surface area (Å²) in [7, 11) is 1.72. The molecule has 0 aliphatic heterocycles. The van der Waals surface area contributed by atoms with E-state index in [9.17, 15) is 4.79 Å². The predicted octanol–water partition coefficient (Wildman–Crippen LogP) is 2.77. The van der Waals surface area contributed by atoms with Crippen LogP contribution in [0.3, 0.4) is 0 Å². The Bertz CT molecular complexity index is 540. The van der Waals surface area contributed by atoms with Crippen molar-refractivity contribution >= 4 is 18.5 Å². The minimum atomic E-state index is -0.326. The number of amides is 1. The maximum atomic E-state index is 11.7. The number of benzene rings is 1. The van der Waals surface area contributed by atoms with Crippen LogP contribution in [0.4, 0.5) is 4.79 Å². The summed E-state index contributed by atoms with van der Waals surface area (Å²) in [5.74, 6) is 3.20. The minimum absolute atomic E-state index is 0. The first-order valence-corrected chi connectivity index (χ1v) is 6.88. The average Bonchev–Trinajstić information content (AvgIpc) is 2.86. The zero-order valence-electron chi connectivity index (χ0n) is 12.4. The fraction of sp³-hybridized carbons (Fsp3) is 0.438. The maximum absolute atomic E-state index is 11.7. The van der Waals surface area contributed by atoms with E-state index in [-0.39, 0.29) is 18.5 Å². The normalized spacial score (nSPS) is 15.6. The molecule has 0 radical (unpaired) electrons. The molecule has 5 heteroatoms. The topological polar surface area (TPSA) is 41.6 Å². The highest BCUT2D eigenvalue weighted by Crippen LogP contribution is 2.33. The van der Waals surface area contributed by atoms with E-state index in [0.29, 0.717) is 24.9 Å². The van der Waals surface area contributed by atoms with Crippen molar-refractivity contribution in [1.29, 1.82) is 0 Å². The Hall–Kier alpha value is -1.70. The minimum Gasteiger partial charge on any atom is -0.410 e. The van der Waals surface area contributed by atoms with Crippen molar-refractivity contribution in [2.75, 3.05) is 20.1 Å². The van der Waals surface area contributed by atoms with Crippen LogP contribution in [0.1, 0.15) is 30.5 Å². The van der Waals surface area contributed by atoms with E-state index in [1.807, 2.05) is 25.1 Å². The van der Waals surface area contributed by atoms with E-state index in [1.54, 1.807) is 7.05 Å². The highest BCUT2D eigenvalue weighted by molar-refractivity contribution is 5.85. The Morgan fingerprint density at radius 1 is 1.57 bits per heavy atom. The quantitative estimate of drug-likeness (QED) is 0.870. The van der Waals surface area contributed by atoms with E-state index < -0.39 is 0 Å². The van der Waals surface area contributed by atoms with E-state index in [2.05, 4.69) is 11.2 Å². The van der Waals surface area contributed by atoms with Gasteiger partial charge in [-0.05, 0) is 43.0 Å². The number of hydrogen-bond acceptors (Lipinski definition) is 3. The largest absolute Gasteiger partial charge is 0.414 e. The van der Waals surface area contributed by atoms with Gasteiger partial charge in [0, 0.05) is 19.6 Å². The van der Waals surface area contributed by atoms with Crippen molar-refractivity contribution in [1.82, 2.24) is 10.2 Å². The highest BCUT2D eigenvalue weighted by Gasteiger charge is 2.22. The Labute approximate surface area is 132 Å². The van der Waals surface area contributed by atoms with Gasteiger partial charge >= 0.3 is 6.09 Å². The Kier molecular flexibility index (Phi) is 6.54. The van der Waals surface area contributed by atoms with Gasteiger partial charge in [-0.2, -0.15) is 0 Å². The number of carbonyl (C=O) groups excluding carboxylic acids is 1. The van der Waals surface area contributed by atoms with E-state index in [4.69, 9.17) is 11.2 Å². The van der Waals surface area contributed by atoms with Crippen molar-refractivity contribution in [2.24, 2.45) is 0 Å². The lowest BCUT2D eigenvalue weighted by atomic mass is 10.1. The summed E-state index contributed by atoms with van der Waals surface area (Å²) in [6, 6.07) is 6.12. The summed E-state index contributed by atoms with van der Waals surface area (Å²) >= 11 is 0. The number of nitrogens with zero attached hydrogens (tertiary/aromatic N) is 1. The van der Waals surface area contributed by atoms with Gasteiger partial charge in [-0.3, -0.25) is 5.32 Å². The molecular formula is C16H21ClN2O2. The van der Waals surface area contributed by atoms with Crippen LogP contribution in [0.15, 0.2) is 18.2 Å². The molecule has 0 saturated heterocycles. The molecule has 1 aromatic carbocycles. The van der Waals surface area contributed by atoms with Crippen LogP contribution in [0.5, 0.6) is 5.75 Å². The van der Waals surface area contributed by atoms with E-state index in [0.717, 1.165) is 12.8 Å². The third-order valence-electron chi connectivity index (χ3n) is 3.63. The van der Waals surface area contributed by atoms with Gasteiger partial charge in [-0.25, -0.2) is 4.79 Å². The molecule has 2 rings (SSSR count). The summed E-state index contributed by atoms with van der Waals surface area (Å²) in [4.78, 5) is 13.3. The van der Waals surface area contributed by atoms with Crippen molar-refractivity contribution in [3.8, 4) is 18.1 Å². The molecule has 1 atom stereocenters. The van der Waals surface area contributed by atoms with Gasteiger partial charge in [0.2, 0.25) is 0 Å². The van der Waals surface area contributed by atoms with Gasteiger partial charge in [-0.15, -0.1) is 18.8 Å². The number of fused-ring (bicyclic) bond motifs is 1. The summed E-state index contributed by atoms with van der Waals surface area (Å²) < 4.78 is 5.34. The lowest BCUT2D eigenvalue weighted by Gasteiger charge is -2.15. The van der Waals surface area contributed by atoms with Gasteiger partial charge in [0.05, 0.1) is 6.54 Å². The molecule has 0 spiro atoms. The Morgan fingerprint density at radius 2 is 2.33 bits per heavy atom. The molecule has 21 heavy (non-hydrogen) atoms. The third kappa shape index (κ3) is 4.13. The van der Waals surface area contributed by atoms with Crippen LogP contribution in [0, 0.1) is 12.3 Å². The fourth-order valence-corrected chi connectivity index (χ4v) is 2.36. The fourth-order valence-electron chi connectivity index (χ4n) is 2.36. The Morgan fingerprint density at radius 3 is 3.00 bits per heavy atom. The van der Waals surface area contributed by atoms with E-state index >= 15 is 0 Å². The monoisotopic (exact) mass is 308 g/mol. The number of terminal acetylenes is 1. The van der Waals surface area contributed by atoms with Gasteiger partial charge < -0.3 is 9.64 Å². The first-order valence-electron chi connectivity index (χ1n) is 6.88. The molecular weight excluding hydrogens is 288 g/mol. The summed E-state index contributed by atoms with van der Waals surface area (Å²) in [5.41, 5.74) is 2.48.